The fourth-order valence-electron chi connectivity index (χ4n) is 2.40. The second-order valence-electron chi connectivity index (χ2n) is 5.55. The van der Waals surface area contributed by atoms with Crippen LogP contribution in [0.1, 0.15) is 24.8 Å². The second-order valence-corrected chi connectivity index (χ2v) is 6.49. The van der Waals surface area contributed by atoms with Crippen molar-refractivity contribution in [1.29, 1.82) is 0 Å². The van der Waals surface area contributed by atoms with Crippen LogP contribution in [0.25, 0.3) is 11.0 Å². The molecule has 1 aromatic carbocycles. The molecule has 1 aliphatic rings. The SMILES string of the molecule is Cc1cc2c(cc1F)nc(SCC(=O)O)n2CCC1CC1. The molecular formula is C15H17FN2O2S. The molecule has 0 amide bonds. The van der Waals surface area contributed by atoms with Gasteiger partial charge in [0.15, 0.2) is 5.16 Å². The van der Waals surface area contributed by atoms with Crippen LogP contribution in [0, 0.1) is 18.7 Å². The molecule has 2 aromatic rings. The topological polar surface area (TPSA) is 55.1 Å². The zero-order chi connectivity index (χ0) is 15.0. The van der Waals surface area contributed by atoms with Crippen LogP contribution in [0.5, 0.6) is 0 Å². The lowest BCUT2D eigenvalue weighted by molar-refractivity contribution is -0.133. The Hall–Kier alpha value is -1.56. The summed E-state index contributed by atoms with van der Waals surface area (Å²) in [5.74, 6) is -0.401. The van der Waals surface area contributed by atoms with Gasteiger partial charge in [0.25, 0.3) is 0 Å². The summed E-state index contributed by atoms with van der Waals surface area (Å²) in [6, 6.07) is 3.23. The van der Waals surface area contributed by atoms with Crippen molar-refractivity contribution in [1.82, 2.24) is 9.55 Å². The van der Waals surface area contributed by atoms with E-state index in [-0.39, 0.29) is 11.6 Å². The number of carboxylic acids is 1. The maximum absolute atomic E-state index is 13.7. The molecule has 4 nitrogen and oxygen atoms in total. The van der Waals surface area contributed by atoms with E-state index >= 15 is 0 Å². The average molecular weight is 308 g/mol. The van der Waals surface area contributed by atoms with E-state index in [1.807, 2.05) is 4.57 Å². The lowest BCUT2D eigenvalue weighted by atomic mass is 10.2. The minimum atomic E-state index is -0.872. The molecule has 1 aliphatic carbocycles. The molecule has 1 fully saturated rings. The van der Waals surface area contributed by atoms with Gasteiger partial charge in [-0.15, -0.1) is 0 Å². The number of hydrogen-bond donors (Lipinski definition) is 1. The summed E-state index contributed by atoms with van der Waals surface area (Å²) in [5.41, 5.74) is 2.08. The molecule has 1 N–H and O–H groups in total. The lowest BCUT2D eigenvalue weighted by Crippen LogP contribution is -2.04. The van der Waals surface area contributed by atoms with Crippen molar-refractivity contribution >= 4 is 28.8 Å². The van der Waals surface area contributed by atoms with Crippen molar-refractivity contribution in [3.63, 3.8) is 0 Å². The summed E-state index contributed by atoms with van der Waals surface area (Å²) in [5, 5.41) is 9.50. The first-order valence-corrected chi connectivity index (χ1v) is 8.04. The Morgan fingerprint density at radius 3 is 2.95 bits per heavy atom. The smallest absolute Gasteiger partial charge is 0.313 e. The van der Waals surface area contributed by atoms with Crippen LogP contribution < -0.4 is 0 Å². The quantitative estimate of drug-likeness (QED) is 0.830. The number of carbonyl (C=O) groups is 1. The number of aromatic nitrogens is 2. The number of carboxylic acid groups (broad SMARTS) is 1. The van der Waals surface area contributed by atoms with Gasteiger partial charge in [-0.2, -0.15) is 0 Å². The van der Waals surface area contributed by atoms with Gasteiger partial charge in [-0.05, 0) is 30.9 Å². The van der Waals surface area contributed by atoms with E-state index in [0.717, 1.165) is 24.4 Å². The van der Waals surface area contributed by atoms with Crippen molar-refractivity contribution in [2.45, 2.75) is 37.9 Å². The number of rotatable bonds is 6. The normalized spacial score (nSPS) is 14.8. The highest BCUT2D eigenvalue weighted by Gasteiger charge is 2.22. The number of fused-ring (bicyclic) bond motifs is 1. The molecule has 0 spiro atoms. The number of imidazole rings is 1. The van der Waals surface area contributed by atoms with Gasteiger partial charge < -0.3 is 9.67 Å². The molecule has 6 heteroatoms. The minimum absolute atomic E-state index is 0.0335. The molecular weight excluding hydrogens is 291 g/mol. The molecule has 0 saturated heterocycles. The molecule has 3 rings (SSSR count). The third kappa shape index (κ3) is 3.20. The van der Waals surface area contributed by atoms with E-state index in [0.29, 0.717) is 16.2 Å². The Bertz CT molecular complexity index is 695. The van der Waals surface area contributed by atoms with Gasteiger partial charge in [0, 0.05) is 12.6 Å². The van der Waals surface area contributed by atoms with Crippen LogP contribution in [-0.2, 0) is 11.3 Å². The zero-order valence-corrected chi connectivity index (χ0v) is 12.6. The first-order valence-electron chi connectivity index (χ1n) is 7.05. The van der Waals surface area contributed by atoms with Gasteiger partial charge in [0.2, 0.25) is 0 Å². The maximum atomic E-state index is 13.7. The van der Waals surface area contributed by atoms with Crippen molar-refractivity contribution in [3.05, 3.63) is 23.5 Å². The maximum Gasteiger partial charge on any atom is 0.313 e. The molecule has 1 heterocycles. The number of nitrogens with zero attached hydrogens (tertiary/aromatic N) is 2. The van der Waals surface area contributed by atoms with Gasteiger partial charge in [-0.1, -0.05) is 24.6 Å². The second kappa shape index (κ2) is 5.67. The first kappa shape index (κ1) is 14.4. The summed E-state index contributed by atoms with van der Waals surface area (Å²) < 4.78 is 15.7. The summed E-state index contributed by atoms with van der Waals surface area (Å²) in [6.45, 7) is 2.55. The van der Waals surface area contributed by atoms with Gasteiger partial charge >= 0.3 is 5.97 Å². The number of aliphatic carboxylic acids is 1. The molecule has 0 radical (unpaired) electrons. The summed E-state index contributed by atoms with van der Waals surface area (Å²) in [7, 11) is 0. The zero-order valence-electron chi connectivity index (χ0n) is 11.8. The minimum Gasteiger partial charge on any atom is -0.481 e. The van der Waals surface area contributed by atoms with Crippen LogP contribution in [0.2, 0.25) is 0 Å². The van der Waals surface area contributed by atoms with E-state index in [4.69, 9.17) is 5.11 Å². The Labute approximate surface area is 126 Å². The number of benzene rings is 1. The van der Waals surface area contributed by atoms with Gasteiger partial charge in [0.1, 0.15) is 5.82 Å². The largest absolute Gasteiger partial charge is 0.481 e. The van der Waals surface area contributed by atoms with Crippen LogP contribution in [0.4, 0.5) is 4.39 Å². The molecule has 0 unspecified atom stereocenters. The fraction of sp³-hybridized carbons (Fsp3) is 0.467. The van der Waals surface area contributed by atoms with E-state index in [9.17, 15) is 9.18 Å². The highest BCUT2D eigenvalue weighted by atomic mass is 32.2. The van der Waals surface area contributed by atoms with E-state index in [2.05, 4.69) is 4.98 Å². The number of aryl methyl sites for hydroxylation is 2. The highest BCUT2D eigenvalue weighted by molar-refractivity contribution is 7.99. The van der Waals surface area contributed by atoms with Crippen LogP contribution in [0.15, 0.2) is 17.3 Å². The first-order chi connectivity index (χ1) is 10.0. The predicted octanol–water partition coefficient (Wildman–Crippen LogP) is 3.46. The van der Waals surface area contributed by atoms with E-state index in [1.54, 1.807) is 13.0 Å². The molecule has 1 aromatic heterocycles. The van der Waals surface area contributed by atoms with Crippen molar-refractivity contribution in [2.75, 3.05) is 5.75 Å². The monoisotopic (exact) mass is 308 g/mol. The Balaban J connectivity index is 1.96. The average Bonchev–Trinajstić information content (AvgIpc) is 3.19. The van der Waals surface area contributed by atoms with E-state index < -0.39 is 5.97 Å². The van der Waals surface area contributed by atoms with Crippen LogP contribution in [0.3, 0.4) is 0 Å². The van der Waals surface area contributed by atoms with Crippen molar-refractivity contribution < 1.29 is 14.3 Å². The molecule has 112 valence electrons. The molecule has 1 saturated carbocycles. The van der Waals surface area contributed by atoms with E-state index in [1.165, 1.54) is 30.7 Å². The predicted molar refractivity (Wildman–Crippen MR) is 80.1 cm³/mol. The summed E-state index contributed by atoms with van der Waals surface area (Å²) in [6.07, 6.45) is 3.62. The third-order valence-corrected chi connectivity index (χ3v) is 4.74. The fourth-order valence-corrected chi connectivity index (χ4v) is 3.16. The number of hydrogen-bond acceptors (Lipinski definition) is 3. The Morgan fingerprint density at radius 1 is 1.52 bits per heavy atom. The molecule has 0 aliphatic heterocycles. The van der Waals surface area contributed by atoms with Gasteiger partial charge in [0.05, 0.1) is 16.8 Å². The van der Waals surface area contributed by atoms with Crippen LogP contribution >= 0.6 is 11.8 Å². The van der Waals surface area contributed by atoms with Crippen LogP contribution in [-0.4, -0.2) is 26.4 Å². The standard InChI is InChI=1S/C15H17FN2O2S/c1-9-6-13-12(7-11(9)16)17-15(21-8-14(19)20)18(13)5-4-10-2-3-10/h6-7,10H,2-5,8H2,1H3,(H,19,20). The van der Waals surface area contributed by atoms with Crippen molar-refractivity contribution in [3.8, 4) is 0 Å². The molecule has 0 bridgehead atoms. The van der Waals surface area contributed by atoms with Gasteiger partial charge in [-0.3, -0.25) is 4.79 Å². The van der Waals surface area contributed by atoms with Gasteiger partial charge in [-0.25, -0.2) is 9.37 Å². The third-order valence-electron chi connectivity index (χ3n) is 3.78. The number of thioether (sulfide) groups is 1. The van der Waals surface area contributed by atoms with Crippen molar-refractivity contribution in [2.24, 2.45) is 5.92 Å². The summed E-state index contributed by atoms with van der Waals surface area (Å²) in [4.78, 5) is 15.2. The lowest BCUT2D eigenvalue weighted by Gasteiger charge is -2.08. The number of halogens is 1. The Kier molecular flexibility index (Phi) is 3.89. The Morgan fingerprint density at radius 2 is 2.29 bits per heavy atom. The molecule has 0 atom stereocenters. The summed E-state index contributed by atoms with van der Waals surface area (Å²) >= 11 is 1.19. The molecule has 21 heavy (non-hydrogen) atoms. The highest BCUT2D eigenvalue weighted by Crippen LogP contribution is 2.34.